The molecule has 0 saturated heterocycles. The van der Waals surface area contributed by atoms with E-state index in [1.807, 2.05) is 55.1 Å². The fourth-order valence-corrected chi connectivity index (χ4v) is 7.13. The van der Waals surface area contributed by atoms with Crippen LogP contribution in [-0.2, 0) is 6.18 Å². The van der Waals surface area contributed by atoms with E-state index >= 15 is 0 Å². The lowest BCUT2D eigenvalue weighted by molar-refractivity contribution is -0.137. The quantitative estimate of drug-likeness (QED) is 0.210. The van der Waals surface area contributed by atoms with Crippen LogP contribution in [0, 0.1) is 0 Å². The average molecular weight is 556 g/mol. The standard InChI is InChI=1S/C31H18F3NS2.C2H6/c32-31(33,34)19-9-11-20(12-10-19)35(21-13-15-29-25(17-21)23-5-1-3-7-27(23)36-29)22-14-16-30-26(18-22)24-6-2-4-8-28(24)37-30;1-2/h1-18H;1-2H3. The summed E-state index contributed by atoms with van der Waals surface area (Å²) in [5, 5.41) is 4.63. The Kier molecular flexibility index (Phi) is 6.53. The maximum atomic E-state index is 13.3. The van der Waals surface area contributed by atoms with Gasteiger partial charge in [0.1, 0.15) is 0 Å². The molecule has 7 aromatic rings. The van der Waals surface area contributed by atoms with Crippen molar-refractivity contribution in [2.45, 2.75) is 20.0 Å². The van der Waals surface area contributed by atoms with Crippen LogP contribution in [0.4, 0.5) is 30.2 Å². The lowest BCUT2D eigenvalue weighted by Crippen LogP contribution is -2.11. The molecule has 194 valence electrons. The number of benzene rings is 5. The van der Waals surface area contributed by atoms with E-state index in [9.17, 15) is 13.2 Å². The minimum Gasteiger partial charge on any atom is -0.310 e. The van der Waals surface area contributed by atoms with E-state index < -0.39 is 11.7 Å². The third-order valence-electron chi connectivity index (χ3n) is 6.69. The molecule has 0 radical (unpaired) electrons. The van der Waals surface area contributed by atoms with Crippen LogP contribution in [0.15, 0.2) is 109 Å². The first-order chi connectivity index (χ1) is 19.0. The Morgan fingerprint density at radius 1 is 0.487 bits per heavy atom. The Balaban J connectivity index is 0.00000135. The molecule has 0 atom stereocenters. The zero-order valence-corrected chi connectivity index (χ0v) is 22.9. The predicted octanol–water partition coefficient (Wildman–Crippen LogP) is 11.9. The van der Waals surface area contributed by atoms with E-state index in [1.54, 1.807) is 34.8 Å². The van der Waals surface area contributed by atoms with Gasteiger partial charge in [0.2, 0.25) is 0 Å². The van der Waals surface area contributed by atoms with Gasteiger partial charge in [0.15, 0.2) is 0 Å². The van der Waals surface area contributed by atoms with Crippen LogP contribution in [-0.4, -0.2) is 0 Å². The zero-order chi connectivity index (χ0) is 27.1. The zero-order valence-electron chi connectivity index (χ0n) is 21.3. The van der Waals surface area contributed by atoms with E-state index in [0.717, 1.165) is 34.3 Å². The normalized spacial score (nSPS) is 11.7. The Hall–Kier alpha value is -3.87. The molecule has 0 aliphatic rings. The number of alkyl halides is 3. The molecular weight excluding hydrogens is 531 g/mol. The second-order valence-corrected chi connectivity index (χ2v) is 11.1. The molecule has 0 fully saturated rings. The van der Waals surface area contributed by atoms with Gasteiger partial charge in [-0.15, -0.1) is 22.7 Å². The van der Waals surface area contributed by atoms with Gasteiger partial charge in [-0.1, -0.05) is 50.2 Å². The van der Waals surface area contributed by atoms with E-state index in [2.05, 4.69) is 48.5 Å². The second kappa shape index (κ2) is 10.0. The van der Waals surface area contributed by atoms with Gasteiger partial charge in [-0.2, -0.15) is 13.2 Å². The van der Waals surface area contributed by atoms with Gasteiger partial charge < -0.3 is 4.90 Å². The monoisotopic (exact) mass is 555 g/mol. The molecule has 0 aliphatic heterocycles. The highest BCUT2D eigenvalue weighted by Gasteiger charge is 2.30. The summed E-state index contributed by atoms with van der Waals surface area (Å²) in [6.45, 7) is 4.00. The fraction of sp³-hybridized carbons (Fsp3) is 0.0909. The highest BCUT2D eigenvalue weighted by Crippen LogP contribution is 2.43. The van der Waals surface area contributed by atoms with Gasteiger partial charge in [0.05, 0.1) is 5.56 Å². The number of halogens is 3. The van der Waals surface area contributed by atoms with Gasteiger partial charge in [-0.25, -0.2) is 0 Å². The number of hydrogen-bond acceptors (Lipinski definition) is 3. The topological polar surface area (TPSA) is 3.24 Å². The first kappa shape index (κ1) is 25.4. The molecule has 7 rings (SSSR count). The largest absolute Gasteiger partial charge is 0.416 e. The maximum Gasteiger partial charge on any atom is 0.416 e. The highest BCUT2D eigenvalue weighted by atomic mass is 32.1. The van der Waals surface area contributed by atoms with Crippen molar-refractivity contribution >= 4 is 80.1 Å². The van der Waals surface area contributed by atoms with Crippen molar-refractivity contribution in [1.29, 1.82) is 0 Å². The molecule has 1 nitrogen and oxygen atoms in total. The number of thiophene rings is 2. The molecule has 0 aliphatic carbocycles. The third kappa shape index (κ3) is 4.54. The minimum atomic E-state index is -4.38. The highest BCUT2D eigenvalue weighted by molar-refractivity contribution is 7.26. The van der Waals surface area contributed by atoms with Crippen molar-refractivity contribution < 1.29 is 13.2 Å². The summed E-state index contributed by atoms with van der Waals surface area (Å²) in [6, 6.07) is 34.6. The van der Waals surface area contributed by atoms with Crippen LogP contribution < -0.4 is 4.90 Å². The minimum absolute atomic E-state index is 0.658. The molecule has 0 N–H and O–H groups in total. The van der Waals surface area contributed by atoms with Crippen LogP contribution in [0.25, 0.3) is 40.3 Å². The summed E-state index contributed by atoms with van der Waals surface area (Å²) in [7, 11) is 0. The third-order valence-corrected chi connectivity index (χ3v) is 8.99. The van der Waals surface area contributed by atoms with E-state index in [4.69, 9.17) is 0 Å². The van der Waals surface area contributed by atoms with Gasteiger partial charge in [-0.3, -0.25) is 0 Å². The molecule has 0 unspecified atom stereocenters. The smallest absolute Gasteiger partial charge is 0.310 e. The Labute approximate surface area is 232 Å². The van der Waals surface area contributed by atoms with Crippen LogP contribution in [0.2, 0.25) is 0 Å². The Bertz CT molecular complexity index is 1820. The summed E-state index contributed by atoms with van der Waals surface area (Å²) in [5.74, 6) is 0. The number of hydrogen-bond donors (Lipinski definition) is 0. The van der Waals surface area contributed by atoms with Crippen molar-refractivity contribution in [1.82, 2.24) is 0 Å². The van der Waals surface area contributed by atoms with E-state index in [1.165, 1.54) is 29.6 Å². The average Bonchev–Trinajstić information content (AvgIpc) is 3.52. The van der Waals surface area contributed by atoms with Crippen molar-refractivity contribution in [3.05, 3.63) is 115 Å². The van der Waals surface area contributed by atoms with E-state index in [0.29, 0.717) is 5.69 Å². The van der Waals surface area contributed by atoms with E-state index in [-0.39, 0.29) is 0 Å². The Morgan fingerprint density at radius 3 is 1.36 bits per heavy atom. The first-order valence-corrected chi connectivity index (χ1v) is 14.4. The molecule has 0 bridgehead atoms. The summed E-state index contributed by atoms with van der Waals surface area (Å²) < 4.78 is 44.8. The Morgan fingerprint density at radius 2 is 0.897 bits per heavy atom. The van der Waals surface area contributed by atoms with Crippen LogP contribution in [0.1, 0.15) is 19.4 Å². The summed E-state index contributed by atoms with van der Waals surface area (Å²) in [4.78, 5) is 2.04. The van der Waals surface area contributed by atoms with Crippen molar-refractivity contribution in [3.63, 3.8) is 0 Å². The molecule has 0 spiro atoms. The molecular formula is C33H24F3NS2. The van der Waals surface area contributed by atoms with Crippen molar-refractivity contribution in [2.24, 2.45) is 0 Å². The number of nitrogens with zero attached hydrogens (tertiary/aromatic N) is 1. The van der Waals surface area contributed by atoms with Gasteiger partial charge in [0.25, 0.3) is 0 Å². The molecule has 5 aromatic carbocycles. The first-order valence-electron chi connectivity index (χ1n) is 12.8. The summed E-state index contributed by atoms with van der Waals surface area (Å²) in [5.41, 5.74) is 1.81. The molecule has 2 aromatic heterocycles. The molecule has 39 heavy (non-hydrogen) atoms. The number of rotatable bonds is 3. The molecule has 0 saturated carbocycles. The summed E-state index contributed by atoms with van der Waals surface area (Å²) >= 11 is 3.48. The molecule has 0 amide bonds. The maximum absolute atomic E-state index is 13.3. The van der Waals surface area contributed by atoms with Crippen LogP contribution >= 0.6 is 22.7 Å². The lowest BCUT2D eigenvalue weighted by Gasteiger charge is -2.26. The lowest BCUT2D eigenvalue weighted by atomic mass is 10.1. The molecule has 6 heteroatoms. The fourth-order valence-electron chi connectivity index (χ4n) is 4.95. The van der Waals surface area contributed by atoms with Crippen molar-refractivity contribution in [3.8, 4) is 0 Å². The summed E-state index contributed by atoms with van der Waals surface area (Å²) in [6.07, 6.45) is -4.38. The molecule has 2 heterocycles. The predicted molar refractivity (Wildman–Crippen MR) is 163 cm³/mol. The van der Waals surface area contributed by atoms with Gasteiger partial charge in [-0.05, 0) is 72.8 Å². The van der Waals surface area contributed by atoms with Crippen molar-refractivity contribution in [2.75, 3.05) is 4.90 Å². The second-order valence-electron chi connectivity index (χ2n) is 8.94. The SMILES string of the molecule is CC.FC(F)(F)c1ccc(N(c2ccc3sc4ccccc4c3c2)c2ccc3sc4ccccc4c3c2)cc1. The van der Waals surface area contributed by atoms with Crippen LogP contribution in [0.3, 0.4) is 0 Å². The van der Waals surface area contributed by atoms with Crippen LogP contribution in [0.5, 0.6) is 0 Å². The van der Waals surface area contributed by atoms with Gasteiger partial charge in [0, 0.05) is 57.4 Å². The van der Waals surface area contributed by atoms with Gasteiger partial charge >= 0.3 is 6.18 Å². The number of fused-ring (bicyclic) bond motifs is 6. The number of anilines is 3.